The van der Waals surface area contributed by atoms with E-state index in [1.54, 1.807) is 11.3 Å². The average molecular weight is 267 g/mol. The first-order chi connectivity index (χ1) is 8.81. The van der Waals surface area contributed by atoms with Crippen LogP contribution in [-0.4, -0.2) is 36.6 Å². The summed E-state index contributed by atoms with van der Waals surface area (Å²) in [5, 5.41) is 6.75. The molecule has 1 N–H and O–H groups in total. The molecule has 0 radical (unpaired) electrons. The maximum absolute atomic E-state index is 4.66. The van der Waals surface area contributed by atoms with Crippen molar-refractivity contribution in [1.82, 2.24) is 15.2 Å². The minimum absolute atomic E-state index is 0.926. The van der Waals surface area contributed by atoms with Gasteiger partial charge in [-0.2, -0.15) is 0 Å². The lowest BCUT2D eigenvalue weighted by molar-refractivity contribution is 0.171. The number of aryl methyl sites for hydroxylation is 1. The van der Waals surface area contributed by atoms with E-state index in [1.807, 2.05) is 7.05 Å². The van der Waals surface area contributed by atoms with Crippen molar-refractivity contribution in [3.8, 4) is 0 Å². The van der Waals surface area contributed by atoms with E-state index in [1.165, 1.54) is 43.1 Å². The maximum atomic E-state index is 4.66. The monoisotopic (exact) mass is 267 g/mol. The number of thiazole rings is 1. The second-order valence-corrected chi connectivity index (χ2v) is 6.14. The van der Waals surface area contributed by atoms with Crippen molar-refractivity contribution in [2.24, 2.45) is 5.92 Å². The molecule has 0 aromatic carbocycles. The Bertz CT molecular complexity index is 343. The van der Waals surface area contributed by atoms with E-state index < -0.39 is 0 Å². The van der Waals surface area contributed by atoms with Crippen LogP contribution in [0.3, 0.4) is 0 Å². The van der Waals surface area contributed by atoms with Crippen LogP contribution < -0.4 is 5.32 Å². The lowest BCUT2D eigenvalue weighted by Gasteiger charge is -2.31. The predicted molar refractivity (Wildman–Crippen MR) is 78.0 cm³/mol. The molecule has 0 saturated carbocycles. The van der Waals surface area contributed by atoms with Crippen LogP contribution in [0.4, 0.5) is 0 Å². The highest BCUT2D eigenvalue weighted by molar-refractivity contribution is 7.09. The molecule has 0 atom stereocenters. The van der Waals surface area contributed by atoms with E-state index in [0.29, 0.717) is 0 Å². The number of aromatic nitrogens is 1. The van der Waals surface area contributed by atoms with Gasteiger partial charge in [-0.05, 0) is 58.3 Å². The third kappa shape index (κ3) is 4.04. The van der Waals surface area contributed by atoms with Crippen molar-refractivity contribution >= 4 is 11.3 Å². The van der Waals surface area contributed by atoms with Crippen molar-refractivity contribution in [2.75, 3.05) is 26.7 Å². The van der Waals surface area contributed by atoms with Crippen molar-refractivity contribution in [2.45, 2.75) is 39.2 Å². The standard InChI is InChI=1S/C14H25N3S/c1-3-14-16-13(11-18-14)10-17-8-5-12(6-9-17)4-7-15-2/h11-12,15H,3-10H2,1-2H3. The number of hydrogen-bond acceptors (Lipinski definition) is 4. The third-order valence-electron chi connectivity index (χ3n) is 3.80. The molecule has 0 spiro atoms. The zero-order valence-corrected chi connectivity index (χ0v) is 12.4. The molecule has 1 saturated heterocycles. The number of rotatable bonds is 6. The van der Waals surface area contributed by atoms with Crippen molar-refractivity contribution in [1.29, 1.82) is 0 Å². The molecule has 0 unspecified atom stereocenters. The second kappa shape index (κ2) is 7.22. The van der Waals surface area contributed by atoms with Crippen molar-refractivity contribution < 1.29 is 0 Å². The average Bonchev–Trinajstić information content (AvgIpc) is 2.86. The summed E-state index contributed by atoms with van der Waals surface area (Å²) in [6.45, 7) is 6.88. The summed E-state index contributed by atoms with van der Waals surface area (Å²) in [5.41, 5.74) is 1.27. The van der Waals surface area contributed by atoms with Crippen molar-refractivity contribution in [3.63, 3.8) is 0 Å². The van der Waals surface area contributed by atoms with E-state index in [9.17, 15) is 0 Å². The molecule has 2 rings (SSSR count). The molecule has 2 heterocycles. The smallest absolute Gasteiger partial charge is 0.0926 e. The van der Waals surface area contributed by atoms with Crippen LogP contribution in [0.25, 0.3) is 0 Å². The number of piperidine rings is 1. The predicted octanol–water partition coefficient (Wildman–Crippen LogP) is 2.53. The molecule has 102 valence electrons. The van der Waals surface area contributed by atoms with Gasteiger partial charge in [0.25, 0.3) is 0 Å². The van der Waals surface area contributed by atoms with Crippen LogP contribution in [0.2, 0.25) is 0 Å². The number of hydrogen-bond donors (Lipinski definition) is 1. The first-order valence-corrected chi connectivity index (χ1v) is 8.00. The van der Waals surface area contributed by atoms with Crippen LogP contribution in [0, 0.1) is 5.92 Å². The summed E-state index contributed by atoms with van der Waals surface area (Å²) >= 11 is 1.80. The molecule has 0 amide bonds. The minimum Gasteiger partial charge on any atom is -0.320 e. The fraction of sp³-hybridized carbons (Fsp3) is 0.786. The van der Waals surface area contributed by atoms with Gasteiger partial charge in [0, 0.05) is 11.9 Å². The molecular weight excluding hydrogens is 242 g/mol. The Morgan fingerprint density at radius 2 is 2.22 bits per heavy atom. The lowest BCUT2D eigenvalue weighted by atomic mass is 9.93. The van der Waals surface area contributed by atoms with Gasteiger partial charge in [0.05, 0.1) is 10.7 Å². The van der Waals surface area contributed by atoms with Crippen LogP contribution >= 0.6 is 11.3 Å². The van der Waals surface area contributed by atoms with Gasteiger partial charge in [-0.25, -0.2) is 4.98 Å². The van der Waals surface area contributed by atoms with Crippen LogP contribution in [0.1, 0.15) is 36.9 Å². The summed E-state index contributed by atoms with van der Waals surface area (Å²) in [6.07, 6.45) is 5.11. The van der Waals surface area contributed by atoms with Crippen LogP contribution in [-0.2, 0) is 13.0 Å². The highest BCUT2D eigenvalue weighted by atomic mass is 32.1. The summed E-state index contributed by atoms with van der Waals surface area (Å²) in [7, 11) is 2.04. The molecule has 1 aromatic rings. The molecule has 3 nitrogen and oxygen atoms in total. The summed E-state index contributed by atoms with van der Waals surface area (Å²) < 4.78 is 0. The van der Waals surface area contributed by atoms with Crippen LogP contribution in [0.5, 0.6) is 0 Å². The number of nitrogens with one attached hydrogen (secondary N) is 1. The largest absolute Gasteiger partial charge is 0.320 e. The normalized spacial score (nSPS) is 18.3. The molecule has 4 heteroatoms. The van der Waals surface area contributed by atoms with E-state index in [4.69, 9.17) is 0 Å². The Hall–Kier alpha value is -0.450. The molecule has 1 aromatic heterocycles. The van der Waals surface area contributed by atoms with Crippen LogP contribution in [0.15, 0.2) is 5.38 Å². The van der Waals surface area contributed by atoms with Gasteiger partial charge in [-0.15, -0.1) is 11.3 Å². The van der Waals surface area contributed by atoms with E-state index >= 15 is 0 Å². The van der Waals surface area contributed by atoms with Gasteiger partial charge >= 0.3 is 0 Å². The summed E-state index contributed by atoms with van der Waals surface area (Å²) in [4.78, 5) is 7.22. The van der Waals surface area contributed by atoms with E-state index in [0.717, 1.165) is 25.4 Å². The lowest BCUT2D eigenvalue weighted by Crippen LogP contribution is -2.34. The Kier molecular flexibility index (Phi) is 5.60. The molecular formula is C14H25N3S. The highest BCUT2D eigenvalue weighted by Crippen LogP contribution is 2.22. The number of likely N-dealkylation sites (tertiary alicyclic amines) is 1. The molecule has 1 aliphatic rings. The van der Waals surface area contributed by atoms with Gasteiger partial charge in [0.15, 0.2) is 0 Å². The van der Waals surface area contributed by atoms with Gasteiger partial charge in [0.2, 0.25) is 0 Å². The topological polar surface area (TPSA) is 28.2 Å². The number of nitrogens with zero attached hydrogens (tertiary/aromatic N) is 2. The third-order valence-corrected chi connectivity index (χ3v) is 4.84. The first kappa shape index (κ1) is 14.0. The zero-order chi connectivity index (χ0) is 12.8. The maximum Gasteiger partial charge on any atom is 0.0926 e. The van der Waals surface area contributed by atoms with Gasteiger partial charge in [0.1, 0.15) is 0 Å². The molecule has 1 aliphatic heterocycles. The summed E-state index contributed by atoms with van der Waals surface area (Å²) in [5.74, 6) is 0.926. The van der Waals surface area contributed by atoms with E-state index in [-0.39, 0.29) is 0 Å². The SMILES string of the molecule is CCc1nc(CN2CCC(CCNC)CC2)cs1. The zero-order valence-electron chi connectivity index (χ0n) is 11.6. The first-order valence-electron chi connectivity index (χ1n) is 7.12. The molecule has 18 heavy (non-hydrogen) atoms. The molecule has 0 aliphatic carbocycles. The van der Waals surface area contributed by atoms with Gasteiger partial charge in [-0.3, -0.25) is 4.90 Å². The highest BCUT2D eigenvalue weighted by Gasteiger charge is 2.19. The Labute approximate surface area is 115 Å². The van der Waals surface area contributed by atoms with Gasteiger partial charge < -0.3 is 5.32 Å². The Morgan fingerprint density at radius 3 is 2.83 bits per heavy atom. The fourth-order valence-corrected chi connectivity index (χ4v) is 3.33. The minimum atomic E-state index is 0.926. The second-order valence-electron chi connectivity index (χ2n) is 5.20. The quantitative estimate of drug-likeness (QED) is 0.858. The molecule has 1 fully saturated rings. The Morgan fingerprint density at radius 1 is 1.44 bits per heavy atom. The molecule has 0 bridgehead atoms. The van der Waals surface area contributed by atoms with Crippen molar-refractivity contribution in [3.05, 3.63) is 16.1 Å². The Balaban J connectivity index is 1.73. The summed E-state index contributed by atoms with van der Waals surface area (Å²) in [6, 6.07) is 0. The fourth-order valence-electron chi connectivity index (χ4n) is 2.59. The van der Waals surface area contributed by atoms with Gasteiger partial charge in [-0.1, -0.05) is 6.92 Å². The van der Waals surface area contributed by atoms with E-state index in [2.05, 4.69) is 27.5 Å².